The number of nitrogens with one attached hydrogen (secondary N) is 2. The summed E-state index contributed by atoms with van der Waals surface area (Å²) in [5.41, 5.74) is 0.926. The van der Waals surface area contributed by atoms with E-state index < -0.39 is 6.08 Å². The van der Waals surface area contributed by atoms with Gasteiger partial charge in [-0.3, -0.25) is 4.79 Å². The molecule has 2 aromatic heterocycles. The number of fused-ring (bicyclic) bond motifs is 1. The van der Waals surface area contributed by atoms with Gasteiger partial charge in [0.15, 0.2) is 0 Å². The zero-order valence-corrected chi connectivity index (χ0v) is 11.2. The van der Waals surface area contributed by atoms with Crippen LogP contribution in [-0.2, 0) is 6.54 Å². The van der Waals surface area contributed by atoms with Gasteiger partial charge in [-0.05, 0) is 19.1 Å². The molecule has 0 aliphatic heterocycles. The molecule has 2 N–H and O–H groups in total. The van der Waals surface area contributed by atoms with Crippen molar-refractivity contribution in [2.24, 2.45) is 0 Å². The van der Waals surface area contributed by atoms with E-state index in [0.717, 1.165) is 0 Å². The number of rotatable bonds is 3. The first kappa shape index (κ1) is 13.2. The number of H-pyrrole nitrogens is 1. The van der Waals surface area contributed by atoms with Gasteiger partial charge in [-0.2, -0.15) is 9.37 Å². The third-order valence-electron chi connectivity index (χ3n) is 2.93. The van der Waals surface area contributed by atoms with Crippen LogP contribution in [0.2, 0.25) is 0 Å². The highest BCUT2D eigenvalue weighted by atomic mass is 19.1. The molecule has 0 spiro atoms. The Hall–Kier alpha value is -2.83. The highest BCUT2D eigenvalue weighted by Crippen LogP contribution is 2.08. The van der Waals surface area contributed by atoms with Crippen LogP contribution in [0.4, 0.5) is 10.2 Å². The Labute approximate surface area is 119 Å². The van der Waals surface area contributed by atoms with Crippen LogP contribution in [0.1, 0.15) is 11.5 Å². The Morgan fingerprint density at radius 3 is 2.86 bits per heavy atom. The fourth-order valence-electron chi connectivity index (χ4n) is 2.02. The average molecular weight is 285 g/mol. The molecule has 0 atom stereocenters. The molecule has 3 rings (SSSR count). The number of halogens is 1. The number of hydrogen-bond acceptors (Lipinski definition) is 5. The molecular formula is C14H12FN5O. The minimum atomic E-state index is -0.794. The van der Waals surface area contributed by atoms with Crippen molar-refractivity contribution in [2.45, 2.75) is 13.5 Å². The molecule has 0 amide bonds. The minimum Gasteiger partial charge on any atom is -0.363 e. The van der Waals surface area contributed by atoms with Gasteiger partial charge in [-0.25, -0.2) is 9.97 Å². The molecule has 0 unspecified atom stereocenters. The Morgan fingerprint density at radius 1 is 1.24 bits per heavy atom. The molecule has 0 saturated heterocycles. The maximum atomic E-state index is 13.1. The molecule has 0 aliphatic rings. The summed E-state index contributed by atoms with van der Waals surface area (Å²) in [5.74, 6) is 0.797. The van der Waals surface area contributed by atoms with Gasteiger partial charge in [0, 0.05) is 11.8 Å². The van der Waals surface area contributed by atoms with Gasteiger partial charge in [0.05, 0.1) is 17.4 Å². The van der Waals surface area contributed by atoms with Crippen molar-refractivity contribution in [1.82, 2.24) is 19.9 Å². The van der Waals surface area contributed by atoms with E-state index in [4.69, 9.17) is 0 Å². The van der Waals surface area contributed by atoms with Crippen molar-refractivity contribution in [1.29, 1.82) is 0 Å². The maximum Gasteiger partial charge on any atom is 0.310 e. The molecule has 2 heterocycles. The van der Waals surface area contributed by atoms with Gasteiger partial charge in [0.2, 0.25) is 0 Å². The van der Waals surface area contributed by atoms with Crippen LogP contribution < -0.4 is 10.9 Å². The third-order valence-corrected chi connectivity index (χ3v) is 2.93. The fourth-order valence-corrected chi connectivity index (χ4v) is 2.02. The SMILES string of the molecule is Cc1cc(NCc2nc3ccccc3c(=O)[nH]2)nc(F)n1. The molecule has 21 heavy (non-hydrogen) atoms. The second-order valence-electron chi connectivity index (χ2n) is 4.55. The fraction of sp³-hybridized carbons (Fsp3) is 0.143. The van der Waals surface area contributed by atoms with Gasteiger partial charge in [0.1, 0.15) is 11.6 Å². The molecule has 0 radical (unpaired) electrons. The normalized spacial score (nSPS) is 10.8. The summed E-state index contributed by atoms with van der Waals surface area (Å²) in [6.07, 6.45) is -0.794. The lowest BCUT2D eigenvalue weighted by atomic mass is 10.2. The summed E-state index contributed by atoms with van der Waals surface area (Å²) in [4.78, 5) is 26.1. The first-order chi connectivity index (χ1) is 10.1. The van der Waals surface area contributed by atoms with Crippen molar-refractivity contribution in [2.75, 3.05) is 5.32 Å². The van der Waals surface area contributed by atoms with Gasteiger partial charge in [-0.1, -0.05) is 12.1 Å². The summed E-state index contributed by atoms with van der Waals surface area (Å²) in [6.45, 7) is 1.90. The highest BCUT2D eigenvalue weighted by Gasteiger charge is 2.05. The largest absolute Gasteiger partial charge is 0.363 e. The first-order valence-electron chi connectivity index (χ1n) is 6.35. The van der Waals surface area contributed by atoms with Crippen LogP contribution in [0, 0.1) is 13.0 Å². The second-order valence-corrected chi connectivity index (χ2v) is 4.55. The van der Waals surface area contributed by atoms with E-state index in [1.807, 2.05) is 6.07 Å². The molecular weight excluding hydrogens is 273 g/mol. The molecule has 3 aromatic rings. The molecule has 6 nitrogen and oxygen atoms in total. The highest BCUT2D eigenvalue weighted by molar-refractivity contribution is 5.77. The van der Waals surface area contributed by atoms with Gasteiger partial charge in [-0.15, -0.1) is 0 Å². The van der Waals surface area contributed by atoms with Crippen LogP contribution in [0.3, 0.4) is 0 Å². The lowest BCUT2D eigenvalue weighted by Crippen LogP contribution is -2.15. The van der Waals surface area contributed by atoms with Crippen LogP contribution in [-0.4, -0.2) is 19.9 Å². The van der Waals surface area contributed by atoms with Crippen LogP contribution in [0.15, 0.2) is 35.1 Å². The molecule has 1 aromatic carbocycles. The van der Waals surface area contributed by atoms with E-state index in [-0.39, 0.29) is 12.1 Å². The number of aromatic nitrogens is 4. The minimum absolute atomic E-state index is 0.206. The van der Waals surface area contributed by atoms with Gasteiger partial charge < -0.3 is 10.3 Å². The van der Waals surface area contributed by atoms with Crippen molar-refractivity contribution in [3.05, 3.63) is 58.3 Å². The summed E-state index contributed by atoms with van der Waals surface area (Å²) in [7, 11) is 0. The smallest absolute Gasteiger partial charge is 0.310 e. The third kappa shape index (κ3) is 2.86. The Morgan fingerprint density at radius 2 is 2.05 bits per heavy atom. The summed E-state index contributed by atoms with van der Waals surface area (Å²) >= 11 is 0. The monoisotopic (exact) mass is 285 g/mol. The Kier molecular flexibility index (Phi) is 3.31. The number of para-hydroxylation sites is 1. The van der Waals surface area contributed by atoms with Gasteiger partial charge in [0.25, 0.3) is 5.56 Å². The van der Waals surface area contributed by atoms with Crippen LogP contribution >= 0.6 is 0 Å². The van der Waals surface area contributed by atoms with E-state index >= 15 is 0 Å². The van der Waals surface area contributed by atoms with Crippen molar-refractivity contribution < 1.29 is 4.39 Å². The lowest BCUT2D eigenvalue weighted by Gasteiger charge is -2.06. The zero-order valence-electron chi connectivity index (χ0n) is 11.2. The summed E-state index contributed by atoms with van der Waals surface area (Å²) < 4.78 is 13.1. The molecule has 106 valence electrons. The average Bonchev–Trinajstić information content (AvgIpc) is 2.44. The number of anilines is 1. The van der Waals surface area contributed by atoms with Gasteiger partial charge >= 0.3 is 6.08 Å². The van der Waals surface area contributed by atoms with E-state index in [1.54, 1.807) is 31.2 Å². The predicted molar refractivity (Wildman–Crippen MR) is 76.4 cm³/mol. The van der Waals surface area contributed by atoms with E-state index in [2.05, 4.69) is 25.3 Å². The number of aromatic amines is 1. The second kappa shape index (κ2) is 5.28. The number of benzene rings is 1. The first-order valence-corrected chi connectivity index (χ1v) is 6.35. The van der Waals surface area contributed by atoms with Crippen LogP contribution in [0.5, 0.6) is 0 Å². The van der Waals surface area contributed by atoms with E-state index in [1.165, 1.54) is 0 Å². The Balaban J connectivity index is 1.86. The molecule has 0 fully saturated rings. The van der Waals surface area contributed by atoms with Crippen molar-refractivity contribution >= 4 is 16.7 Å². The standard InChI is InChI=1S/C14H12FN5O/c1-8-6-11(20-14(15)17-8)16-7-12-18-10-5-3-2-4-9(10)13(21)19-12/h2-6H,7H2,1H3,(H,16,17,20)(H,18,19,21). The summed E-state index contributed by atoms with van der Waals surface area (Å²) in [5, 5.41) is 3.44. The molecule has 0 bridgehead atoms. The van der Waals surface area contributed by atoms with Crippen molar-refractivity contribution in [3.63, 3.8) is 0 Å². The number of aryl methyl sites for hydroxylation is 1. The van der Waals surface area contributed by atoms with E-state index in [0.29, 0.717) is 28.2 Å². The summed E-state index contributed by atoms with van der Waals surface area (Å²) in [6, 6.07) is 8.69. The number of nitrogens with zero attached hydrogens (tertiary/aromatic N) is 3. The maximum absolute atomic E-state index is 13.1. The molecule has 0 saturated carbocycles. The number of hydrogen-bond donors (Lipinski definition) is 2. The topological polar surface area (TPSA) is 83.6 Å². The quantitative estimate of drug-likeness (QED) is 0.717. The lowest BCUT2D eigenvalue weighted by molar-refractivity contribution is 0.536. The van der Waals surface area contributed by atoms with Crippen molar-refractivity contribution in [3.8, 4) is 0 Å². The van der Waals surface area contributed by atoms with E-state index in [9.17, 15) is 9.18 Å². The van der Waals surface area contributed by atoms with Crippen LogP contribution in [0.25, 0.3) is 10.9 Å². The zero-order chi connectivity index (χ0) is 14.8. The predicted octanol–water partition coefficient (Wildman–Crippen LogP) is 1.77. The Bertz CT molecular complexity index is 841. The molecule has 7 heteroatoms. The molecule has 0 aliphatic carbocycles.